The molecule has 0 amide bonds. The van der Waals surface area contributed by atoms with Crippen LogP contribution in [0.5, 0.6) is 0 Å². The minimum atomic E-state index is 0.950. The highest BCUT2D eigenvalue weighted by Crippen LogP contribution is 2.33. The summed E-state index contributed by atoms with van der Waals surface area (Å²) in [5.74, 6) is 1.99. The molecule has 1 fully saturated rings. The molecule has 0 nitrogen and oxygen atoms in total. The standard InChI is InChI=1S/C16H24/c1-14(16-12-5-6-13-16)8-7-11-15-9-3-2-4-10-15/h2-4,9-10,14,16H,5-8,11-13H2,1H3. The third-order valence-electron chi connectivity index (χ3n) is 4.17. The fourth-order valence-electron chi connectivity index (χ4n) is 3.03. The van der Waals surface area contributed by atoms with Crippen LogP contribution >= 0.6 is 0 Å². The Morgan fingerprint density at radius 1 is 1.12 bits per heavy atom. The van der Waals surface area contributed by atoms with Crippen molar-refractivity contribution in [2.75, 3.05) is 0 Å². The maximum atomic E-state index is 2.46. The van der Waals surface area contributed by atoms with Crippen LogP contribution in [0.15, 0.2) is 30.3 Å². The Hall–Kier alpha value is -0.780. The minimum absolute atomic E-state index is 0.950. The van der Waals surface area contributed by atoms with Crippen molar-refractivity contribution in [1.29, 1.82) is 0 Å². The number of hydrogen-bond acceptors (Lipinski definition) is 0. The molecule has 1 aromatic carbocycles. The second-order valence-electron chi connectivity index (χ2n) is 5.40. The van der Waals surface area contributed by atoms with Gasteiger partial charge in [-0.2, -0.15) is 0 Å². The minimum Gasteiger partial charge on any atom is -0.0622 e. The molecular weight excluding hydrogens is 192 g/mol. The van der Waals surface area contributed by atoms with E-state index in [4.69, 9.17) is 0 Å². The molecule has 0 aromatic heterocycles. The molecule has 0 N–H and O–H groups in total. The predicted molar refractivity (Wildman–Crippen MR) is 70.5 cm³/mol. The second-order valence-corrected chi connectivity index (χ2v) is 5.40. The van der Waals surface area contributed by atoms with Crippen molar-refractivity contribution in [3.05, 3.63) is 35.9 Å². The molecule has 88 valence electrons. The van der Waals surface area contributed by atoms with Gasteiger partial charge in [0.05, 0.1) is 0 Å². The molecule has 0 radical (unpaired) electrons. The molecule has 0 heteroatoms. The first-order valence-corrected chi connectivity index (χ1v) is 6.90. The van der Waals surface area contributed by atoms with Gasteiger partial charge in [-0.3, -0.25) is 0 Å². The Labute approximate surface area is 100 Å². The summed E-state index contributed by atoms with van der Waals surface area (Å²) in [7, 11) is 0. The van der Waals surface area contributed by atoms with Crippen molar-refractivity contribution >= 4 is 0 Å². The third-order valence-corrected chi connectivity index (χ3v) is 4.17. The summed E-state index contributed by atoms with van der Waals surface area (Å²) in [4.78, 5) is 0. The van der Waals surface area contributed by atoms with Gasteiger partial charge in [-0.05, 0) is 30.2 Å². The van der Waals surface area contributed by atoms with Crippen molar-refractivity contribution in [1.82, 2.24) is 0 Å². The van der Waals surface area contributed by atoms with Gasteiger partial charge in [-0.25, -0.2) is 0 Å². The van der Waals surface area contributed by atoms with Crippen LogP contribution in [0.3, 0.4) is 0 Å². The molecule has 1 aliphatic rings. The highest BCUT2D eigenvalue weighted by molar-refractivity contribution is 5.14. The number of rotatable bonds is 5. The molecule has 0 saturated heterocycles. The van der Waals surface area contributed by atoms with Crippen molar-refractivity contribution in [2.45, 2.75) is 51.9 Å². The summed E-state index contributed by atoms with van der Waals surface area (Å²) in [5, 5.41) is 0. The largest absolute Gasteiger partial charge is 0.0622 e. The molecule has 16 heavy (non-hydrogen) atoms. The van der Waals surface area contributed by atoms with Gasteiger partial charge < -0.3 is 0 Å². The molecule has 1 atom stereocenters. The summed E-state index contributed by atoms with van der Waals surface area (Å²) < 4.78 is 0. The number of aryl methyl sites for hydroxylation is 1. The highest BCUT2D eigenvalue weighted by Gasteiger charge is 2.20. The molecule has 2 rings (SSSR count). The normalized spacial score (nSPS) is 18.8. The van der Waals surface area contributed by atoms with Crippen molar-refractivity contribution in [3.8, 4) is 0 Å². The summed E-state index contributed by atoms with van der Waals surface area (Å²) >= 11 is 0. The summed E-state index contributed by atoms with van der Waals surface area (Å²) in [5.41, 5.74) is 1.50. The smallest absolute Gasteiger partial charge is 0.0279 e. The molecular formula is C16H24. The lowest BCUT2D eigenvalue weighted by atomic mass is 9.88. The van der Waals surface area contributed by atoms with Crippen LogP contribution in [0.4, 0.5) is 0 Å². The summed E-state index contributed by atoms with van der Waals surface area (Å²) in [6.07, 6.45) is 9.99. The average Bonchev–Trinajstić information content (AvgIpc) is 2.84. The van der Waals surface area contributed by atoms with Crippen molar-refractivity contribution in [3.63, 3.8) is 0 Å². The van der Waals surface area contributed by atoms with E-state index in [0.29, 0.717) is 0 Å². The highest BCUT2D eigenvalue weighted by atomic mass is 14.3. The lowest BCUT2D eigenvalue weighted by molar-refractivity contribution is 0.338. The van der Waals surface area contributed by atoms with Crippen LogP contribution in [0, 0.1) is 11.8 Å². The third kappa shape index (κ3) is 3.37. The van der Waals surface area contributed by atoms with E-state index >= 15 is 0 Å². The average molecular weight is 216 g/mol. The second kappa shape index (κ2) is 6.08. The molecule has 1 saturated carbocycles. The van der Waals surface area contributed by atoms with Gasteiger partial charge in [-0.1, -0.05) is 69.4 Å². The number of benzene rings is 1. The molecule has 0 spiro atoms. The maximum absolute atomic E-state index is 2.46. The van der Waals surface area contributed by atoms with Gasteiger partial charge >= 0.3 is 0 Å². The van der Waals surface area contributed by atoms with E-state index in [2.05, 4.69) is 37.3 Å². The molecule has 0 heterocycles. The number of hydrogen-bond donors (Lipinski definition) is 0. The van der Waals surface area contributed by atoms with E-state index in [1.54, 1.807) is 0 Å². The first-order valence-electron chi connectivity index (χ1n) is 6.90. The Morgan fingerprint density at radius 3 is 2.50 bits per heavy atom. The monoisotopic (exact) mass is 216 g/mol. The van der Waals surface area contributed by atoms with E-state index in [1.807, 2.05) is 0 Å². The first-order chi connectivity index (χ1) is 7.86. The molecule has 0 bridgehead atoms. The van der Waals surface area contributed by atoms with Crippen LogP contribution in [0.1, 0.15) is 51.0 Å². The quantitative estimate of drug-likeness (QED) is 0.661. The Bertz CT molecular complexity index is 282. The SMILES string of the molecule is CC(CCCc1ccccc1)C1CCCC1. The Morgan fingerprint density at radius 2 is 1.81 bits per heavy atom. The van der Waals surface area contributed by atoms with E-state index in [0.717, 1.165) is 11.8 Å². The van der Waals surface area contributed by atoms with Crippen molar-refractivity contribution in [2.24, 2.45) is 11.8 Å². The Balaban J connectivity index is 1.67. The van der Waals surface area contributed by atoms with E-state index in [9.17, 15) is 0 Å². The van der Waals surface area contributed by atoms with Gasteiger partial charge in [0.15, 0.2) is 0 Å². The predicted octanol–water partition coefficient (Wildman–Crippen LogP) is 4.84. The van der Waals surface area contributed by atoms with Crippen LogP contribution in [-0.2, 0) is 6.42 Å². The molecule has 0 aliphatic heterocycles. The van der Waals surface area contributed by atoms with Gasteiger partial charge in [0, 0.05) is 0 Å². The van der Waals surface area contributed by atoms with Crippen LogP contribution < -0.4 is 0 Å². The zero-order valence-corrected chi connectivity index (χ0v) is 10.5. The maximum Gasteiger partial charge on any atom is -0.0279 e. The molecule has 1 unspecified atom stereocenters. The summed E-state index contributed by atoms with van der Waals surface area (Å²) in [6, 6.07) is 10.9. The zero-order chi connectivity index (χ0) is 11.2. The fourth-order valence-corrected chi connectivity index (χ4v) is 3.03. The molecule has 1 aliphatic carbocycles. The van der Waals surface area contributed by atoms with E-state index in [1.165, 1.54) is 50.5 Å². The lowest BCUT2D eigenvalue weighted by Gasteiger charge is -2.18. The van der Waals surface area contributed by atoms with E-state index < -0.39 is 0 Å². The van der Waals surface area contributed by atoms with Gasteiger partial charge in [0.25, 0.3) is 0 Å². The van der Waals surface area contributed by atoms with Crippen LogP contribution in [0.2, 0.25) is 0 Å². The van der Waals surface area contributed by atoms with Crippen LogP contribution in [-0.4, -0.2) is 0 Å². The Kier molecular flexibility index (Phi) is 4.44. The lowest BCUT2D eigenvalue weighted by Crippen LogP contribution is -2.07. The zero-order valence-electron chi connectivity index (χ0n) is 10.5. The summed E-state index contributed by atoms with van der Waals surface area (Å²) in [6.45, 7) is 2.46. The van der Waals surface area contributed by atoms with E-state index in [-0.39, 0.29) is 0 Å². The van der Waals surface area contributed by atoms with Gasteiger partial charge in [0.2, 0.25) is 0 Å². The molecule has 1 aromatic rings. The van der Waals surface area contributed by atoms with Gasteiger partial charge in [-0.15, -0.1) is 0 Å². The van der Waals surface area contributed by atoms with Crippen molar-refractivity contribution < 1.29 is 0 Å². The van der Waals surface area contributed by atoms with Crippen LogP contribution in [0.25, 0.3) is 0 Å². The van der Waals surface area contributed by atoms with Gasteiger partial charge in [0.1, 0.15) is 0 Å². The topological polar surface area (TPSA) is 0 Å². The fraction of sp³-hybridized carbons (Fsp3) is 0.625. The first kappa shape index (κ1) is 11.7.